The van der Waals surface area contributed by atoms with Gasteiger partial charge in [-0.25, -0.2) is 13.2 Å². The Morgan fingerprint density at radius 3 is 2.08 bits per heavy atom. The summed E-state index contributed by atoms with van der Waals surface area (Å²) in [7, 11) is 0. The van der Waals surface area contributed by atoms with Gasteiger partial charge in [0.25, 0.3) is 0 Å². The summed E-state index contributed by atoms with van der Waals surface area (Å²) in [5.41, 5.74) is 4.71. The topological polar surface area (TPSA) is 0 Å². The molecule has 0 aliphatic heterocycles. The molecule has 1 aliphatic rings. The van der Waals surface area contributed by atoms with Crippen molar-refractivity contribution >= 4 is 5.57 Å². The molecule has 3 aromatic rings. The van der Waals surface area contributed by atoms with Gasteiger partial charge in [0, 0.05) is 11.1 Å². The van der Waals surface area contributed by atoms with Crippen molar-refractivity contribution < 1.29 is 13.2 Å². The highest BCUT2D eigenvalue weighted by molar-refractivity contribution is 5.74. The molecule has 0 aromatic heterocycles. The Kier molecular flexibility index (Phi) is 9.07. The summed E-state index contributed by atoms with van der Waals surface area (Å²) in [4.78, 5) is 0. The molecule has 0 saturated carbocycles. The van der Waals surface area contributed by atoms with Crippen LogP contribution < -0.4 is 0 Å². The van der Waals surface area contributed by atoms with E-state index in [0.717, 1.165) is 54.7 Å². The molecule has 0 amide bonds. The standard InChI is InChI=1S/C33H37F3/c1-3-5-7-8-23-10-12-25(13-11-23)29-20-19-28(22-31(29)34)24-14-16-26(17-15-24)30-21-18-27(9-6-4-2)32(35)33(30)36/h12,14-23H,3-11,13H2,1-2H3. The van der Waals surface area contributed by atoms with Crippen LogP contribution in [0.1, 0.15) is 82.8 Å². The largest absolute Gasteiger partial charge is 0.206 e. The summed E-state index contributed by atoms with van der Waals surface area (Å²) >= 11 is 0. The van der Waals surface area contributed by atoms with E-state index in [9.17, 15) is 8.78 Å². The molecule has 1 atom stereocenters. The highest BCUT2D eigenvalue weighted by Crippen LogP contribution is 2.35. The third-order valence-electron chi connectivity index (χ3n) is 7.54. The van der Waals surface area contributed by atoms with Crippen molar-refractivity contribution in [3.8, 4) is 22.3 Å². The van der Waals surface area contributed by atoms with Gasteiger partial charge >= 0.3 is 0 Å². The minimum Gasteiger partial charge on any atom is -0.206 e. The molecule has 1 aliphatic carbocycles. The van der Waals surface area contributed by atoms with E-state index in [1.54, 1.807) is 30.3 Å². The van der Waals surface area contributed by atoms with Gasteiger partial charge < -0.3 is 0 Å². The summed E-state index contributed by atoms with van der Waals surface area (Å²) in [6.07, 6.45) is 12.7. The number of aryl methyl sites for hydroxylation is 1. The molecule has 3 heteroatoms. The molecule has 0 N–H and O–H groups in total. The summed E-state index contributed by atoms with van der Waals surface area (Å²) in [6, 6.07) is 16.0. The van der Waals surface area contributed by atoms with Crippen molar-refractivity contribution in [2.24, 2.45) is 5.92 Å². The van der Waals surface area contributed by atoms with Crippen LogP contribution in [0.4, 0.5) is 13.2 Å². The van der Waals surface area contributed by atoms with E-state index >= 15 is 4.39 Å². The molecular weight excluding hydrogens is 453 g/mol. The van der Waals surface area contributed by atoms with Gasteiger partial charge in [0.2, 0.25) is 0 Å². The summed E-state index contributed by atoms with van der Waals surface area (Å²) in [5.74, 6) is -1.04. The number of benzene rings is 3. The van der Waals surface area contributed by atoms with Gasteiger partial charge in [-0.05, 0) is 71.9 Å². The zero-order valence-electron chi connectivity index (χ0n) is 21.6. The maximum Gasteiger partial charge on any atom is 0.166 e. The third-order valence-corrected chi connectivity index (χ3v) is 7.54. The molecule has 0 spiro atoms. The van der Waals surface area contributed by atoms with Crippen LogP contribution >= 0.6 is 0 Å². The van der Waals surface area contributed by atoms with Crippen molar-refractivity contribution in [3.05, 3.63) is 89.3 Å². The second kappa shape index (κ2) is 12.4. The van der Waals surface area contributed by atoms with Gasteiger partial charge in [-0.1, -0.05) is 101 Å². The fraction of sp³-hybridized carbons (Fsp3) is 0.394. The Morgan fingerprint density at radius 1 is 0.722 bits per heavy atom. The molecule has 0 fully saturated rings. The van der Waals surface area contributed by atoms with Crippen molar-refractivity contribution in [1.82, 2.24) is 0 Å². The molecule has 36 heavy (non-hydrogen) atoms. The van der Waals surface area contributed by atoms with E-state index in [0.29, 0.717) is 23.1 Å². The zero-order valence-corrected chi connectivity index (χ0v) is 21.6. The number of rotatable bonds is 10. The van der Waals surface area contributed by atoms with E-state index in [4.69, 9.17) is 0 Å². The van der Waals surface area contributed by atoms with Crippen LogP contribution in [0.15, 0.2) is 60.7 Å². The van der Waals surface area contributed by atoms with E-state index < -0.39 is 11.6 Å². The second-order valence-corrected chi connectivity index (χ2v) is 10.1. The lowest BCUT2D eigenvalue weighted by molar-refractivity contribution is 0.427. The highest BCUT2D eigenvalue weighted by atomic mass is 19.2. The quantitative estimate of drug-likeness (QED) is 0.248. The smallest absolute Gasteiger partial charge is 0.166 e. The maximum atomic E-state index is 15.1. The first-order valence-electron chi connectivity index (χ1n) is 13.6. The number of unbranched alkanes of at least 4 members (excludes halogenated alkanes) is 3. The number of hydrogen-bond donors (Lipinski definition) is 0. The Balaban J connectivity index is 1.47. The van der Waals surface area contributed by atoms with Crippen LogP contribution in [0.2, 0.25) is 0 Å². The van der Waals surface area contributed by atoms with Crippen LogP contribution in [-0.4, -0.2) is 0 Å². The first-order valence-corrected chi connectivity index (χ1v) is 13.6. The zero-order chi connectivity index (χ0) is 25.5. The molecule has 1 unspecified atom stereocenters. The molecule has 190 valence electrons. The number of hydrogen-bond acceptors (Lipinski definition) is 0. The van der Waals surface area contributed by atoms with E-state index in [1.165, 1.54) is 25.7 Å². The fourth-order valence-corrected chi connectivity index (χ4v) is 5.25. The molecular formula is C33H37F3. The van der Waals surface area contributed by atoms with Crippen LogP contribution in [0.3, 0.4) is 0 Å². The van der Waals surface area contributed by atoms with Gasteiger partial charge in [-0.2, -0.15) is 0 Å². The van der Waals surface area contributed by atoms with Gasteiger partial charge in [0.05, 0.1) is 0 Å². The van der Waals surface area contributed by atoms with Gasteiger partial charge in [0.15, 0.2) is 11.6 Å². The average molecular weight is 491 g/mol. The number of halogens is 3. The molecule has 0 heterocycles. The first kappa shape index (κ1) is 26.3. The minimum atomic E-state index is -0.805. The average Bonchev–Trinajstić information content (AvgIpc) is 2.90. The van der Waals surface area contributed by atoms with E-state index in [-0.39, 0.29) is 11.4 Å². The highest BCUT2D eigenvalue weighted by Gasteiger charge is 2.18. The van der Waals surface area contributed by atoms with Crippen LogP contribution in [0.5, 0.6) is 0 Å². The Hall–Kier alpha value is -2.81. The predicted octanol–water partition coefficient (Wildman–Crippen LogP) is 10.5. The monoisotopic (exact) mass is 490 g/mol. The van der Waals surface area contributed by atoms with E-state index in [2.05, 4.69) is 13.0 Å². The molecule has 0 nitrogen and oxygen atoms in total. The molecule has 0 bridgehead atoms. The fourth-order valence-electron chi connectivity index (χ4n) is 5.25. The Morgan fingerprint density at radius 2 is 1.42 bits per heavy atom. The first-order chi connectivity index (χ1) is 17.5. The minimum absolute atomic E-state index is 0.206. The second-order valence-electron chi connectivity index (χ2n) is 10.1. The molecule has 0 radical (unpaired) electrons. The SMILES string of the molecule is CCCCCC1CC=C(c2ccc(-c3ccc(-c4ccc(CCCC)c(F)c4F)cc3)cc2F)CC1. The van der Waals surface area contributed by atoms with Crippen molar-refractivity contribution in [2.45, 2.75) is 78.1 Å². The molecule has 3 aromatic carbocycles. The normalized spacial score (nSPS) is 15.7. The van der Waals surface area contributed by atoms with Crippen LogP contribution in [0, 0.1) is 23.4 Å². The predicted molar refractivity (Wildman–Crippen MR) is 145 cm³/mol. The van der Waals surface area contributed by atoms with Gasteiger partial charge in [-0.3, -0.25) is 0 Å². The Bertz CT molecular complexity index is 1190. The van der Waals surface area contributed by atoms with Crippen LogP contribution in [0.25, 0.3) is 27.8 Å². The lowest BCUT2D eigenvalue weighted by atomic mass is 9.83. The number of allylic oxidation sites excluding steroid dienone is 2. The molecule has 0 saturated heterocycles. The van der Waals surface area contributed by atoms with Gasteiger partial charge in [0.1, 0.15) is 5.82 Å². The van der Waals surface area contributed by atoms with E-state index in [1.807, 2.05) is 31.2 Å². The van der Waals surface area contributed by atoms with Crippen molar-refractivity contribution in [3.63, 3.8) is 0 Å². The summed E-state index contributed by atoms with van der Waals surface area (Å²) < 4.78 is 44.4. The van der Waals surface area contributed by atoms with Gasteiger partial charge in [-0.15, -0.1) is 0 Å². The lowest BCUT2D eigenvalue weighted by Crippen LogP contribution is -2.06. The van der Waals surface area contributed by atoms with Crippen LogP contribution in [-0.2, 0) is 6.42 Å². The lowest BCUT2D eigenvalue weighted by Gasteiger charge is -2.22. The maximum absolute atomic E-state index is 15.1. The summed E-state index contributed by atoms with van der Waals surface area (Å²) in [5, 5.41) is 0. The van der Waals surface area contributed by atoms with Crippen molar-refractivity contribution in [2.75, 3.05) is 0 Å². The van der Waals surface area contributed by atoms with Crippen molar-refractivity contribution in [1.29, 1.82) is 0 Å². The summed E-state index contributed by atoms with van der Waals surface area (Å²) in [6.45, 7) is 4.26. The third kappa shape index (κ3) is 6.11. The Labute approximate surface area is 214 Å². The molecule has 4 rings (SSSR count).